The van der Waals surface area contributed by atoms with Gasteiger partial charge in [-0.1, -0.05) is 13.8 Å². The third-order valence-corrected chi connectivity index (χ3v) is 3.73. The summed E-state index contributed by atoms with van der Waals surface area (Å²) in [5.41, 5.74) is 5.03. The molecule has 0 saturated carbocycles. The number of rotatable bonds is 3. The molecule has 2 N–H and O–H groups in total. The van der Waals surface area contributed by atoms with E-state index in [2.05, 4.69) is 20.7 Å². The van der Waals surface area contributed by atoms with Crippen LogP contribution in [-0.4, -0.2) is 43.1 Å². The molecule has 1 aliphatic rings. The van der Waals surface area contributed by atoms with Crippen molar-refractivity contribution in [2.45, 2.75) is 13.8 Å². The lowest BCUT2D eigenvalue weighted by Crippen LogP contribution is -2.43. The number of hydrogen-bond donors (Lipinski definition) is 2. The van der Waals surface area contributed by atoms with Crippen LogP contribution in [0.25, 0.3) is 0 Å². The minimum absolute atomic E-state index is 0.186. The maximum absolute atomic E-state index is 11.8. The van der Waals surface area contributed by atoms with E-state index < -0.39 is 5.91 Å². The van der Waals surface area contributed by atoms with Crippen molar-refractivity contribution >= 4 is 28.3 Å². The smallest absolute Gasteiger partial charge is 0.289 e. The first-order valence-corrected chi connectivity index (χ1v) is 7.34. The van der Waals surface area contributed by atoms with Gasteiger partial charge in [-0.05, 0) is 0 Å². The van der Waals surface area contributed by atoms with Gasteiger partial charge in [0.05, 0.1) is 13.2 Å². The first-order valence-electron chi connectivity index (χ1n) is 6.46. The van der Waals surface area contributed by atoms with Gasteiger partial charge in [0.1, 0.15) is 5.69 Å². The minimum Gasteiger partial charge on any atom is -0.378 e. The summed E-state index contributed by atoms with van der Waals surface area (Å²) in [7, 11) is 0. The van der Waals surface area contributed by atoms with Crippen LogP contribution < -0.4 is 15.8 Å². The molecule has 2 amide bonds. The Balaban J connectivity index is 1.90. The molecule has 7 nitrogen and oxygen atoms in total. The standard InChI is InChI=1S/C12H18N4O3S/c1-8(2)10(17)14-15-11(18)9-7-20-12(13-9)16-3-5-19-6-4-16/h7-8H,3-6H2,1-2H3,(H,14,17)(H,15,18). The van der Waals surface area contributed by atoms with Crippen LogP contribution in [0.5, 0.6) is 0 Å². The van der Waals surface area contributed by atoms with E-state index in [0.717, 1.165) is 18.2 Å². The highest BCUT2D eigenvalue weighted by Gasteiger charge is 2.18. The van der Waals surface area contributed by atoms with Crippen LogP contribution in [0.4, 0.5) is 5.13 Å². The average Bonchev–Trinajstić information content (AvgIpc) is 2.95. The number of carbonyl (C=O) groups excluding carboxylic acids is 2. The van der Waals surface area contributed by atoms with Gasteiger partial charge < -0.3 is 9.64 Å². The fraction of sp³-hybridized carbons (Fsp3) is 0.583. The normalized spacial score (nSPS) is 15.2. The molecular formula is C12H18N4O3S. The fourth-order valence-electron chi connectivity index (χ4n) is 1.60. The van der Waals surface area contributed by atoms with Crippen molar-refractivity contribution in [3.8, 4) is 0 Å². The Morgan fingerprint density at radius 3 is 2.70 bits per heavy atom. The molecule has 1 saturated heterocycles. The summed E-state index contributed by atoms with van der Waals surface area (Å²) in [6.45, 7) is 6.40. The highest BCUT2D eigenvalue weighted by atomic mass is 32.1. The van der Waals surface area contributed by atoms with Gasteiger partial charge in [0.15, 0.2) is 5.13 Å². The van der Waals surface area contributed by atoms with E-state index in [4.69, 9.17) is 4.74 Å². The lowest BCUT2D eigenvalue weighted by molar-refractivity contribution is -0.124. The molecule has 0 aromatic carbocycles. The highest BCUT2D eigenvalue weighted by Crippen LogP contribution is 2.21. The Bertz CT molecular complexity index is 483. The van der Waals surface area contributed by atoms with E-state index in [1.54, 1.807) is 19.2 Å². The molecule has 0 aliphatic carbocycles. The zero-order valence-corrected chi connectivity index (χ0v) is 12.3. The molecule has 2 rings (SSSR count). The Hall–Kier alpha value is -1.67. The molecular weight excluding hydrogens is 280 g/mol. The number of thiazole rings is 1. The summed E-state index contributed by atoms with van der Waals surface area (Å²) in [5.74, 6) is -0.827. The summed E-state index contributed by atoms with van der Waals surface area (Å²) in [6, 6.07) is 0. The van der Waals surface area contributed by atoms with E-state index in [1.165, 1.54) is 11.3 Å². The van der Waals surface area contributed by atoms with Crippen molar-refractivity contribution < 1.29 is 14.3 Å². The monoisotopic (exact) mass is 298 g/mol. The van der Waals surface area contributed by atoms with Gasteiger partial charge >= 0.3 is 0 Å². The predicted octanol–water partition coefficient (Wildman–Crippen LogP) is 0.397. The van der Waals surface area contributed by atoms with Crippen LogP contribution in [0, 0.1) is 5.92 Å². The van der Waals surface area contributed by atoms with Crippen LogP contribution in [0.15, 0.2) is 5.38 Å². The Labute approximate surface area is 121 Å². The van der Waals surface area contributed by atoms with E-state index >= 15 is 0 Å². The van der Waals surface area contributed by atoms with Gasteiger partial charge in [-0.15, -0.1) is 11.3 Å². The number of ether oxygens (including phenoxy) is 1. The maximum atomic E-state index is 11.8. The number of hydrazine groups is 1. The molecule has 1 fully saturated rings. The van der Waals surface area contributed by atoms with E-state index in [1.807, 2.05) is 0 Å². The van der Waals surface area contributed by atoms with Crippen molar-refractivity contribution in [2.24, 2.45) is 5.92 Å². The predicted molar refractivity (Wildman–Crippen MR) is 75.6 cm³/mol. The molecule has 8 heteroatoms. The number of nitrogens with one attached hydrogen (secondary N) is 2. The zero-order valence-electron chi connectivity index (χ0n) is 11.5. The first-order chi connectivity index (χ1) is 9.58. The number of hydrogen-bond acceptors (Lipinski definition) is 6. The molecule has 110 valence electrons. The van der Waals surface area contributed by atoms with Crippen molar-refractivity contribution in [2.75, 3.05) is 31.2 Å². The maximum Gasteiger partial charge on any atom is 0.289 e. The lowest BCUT2D eigenvalue weighted by Gasteiger charge is -2.25. The number of aromatic nitrogens is 1. The fourth-order valence-corrected chi connectivity index (χ4v) is 2.45. The highest BCUT2D eigenvalue weighted by molar-refractivity contribution is 7.13. The number of morpholine rings is 1. The second-order valence-corrected chi connectivity index (χ2v) is 5.55. The van der Waals surface area contributed by atoms with Crippen LogP contribution in [-0.2, 0) is 9.53 Å². The molecule has 1 aromatic rings. The van der Waals surface area contributed by atoms with Gasteiger partial charge in [0, 0.05) is 24.4 Å². The largest absolute Gasteiger partial charge is 0.378 e. The second-order valence-electron chi connectivity index (χ2n) is 4.71. The summed E-state index contributed by atoms with van der Waals surface area (Å²) in [5, 5.41) is 2.48. The number of carbonyl (C=O) groups is 2. The topological polar surface area (TPSA) is 83.6 Å². The van der Waals surface area contributed by atoms with Crippen LogP contribution in [0.2, 0.25) is 0 Å². The zero-order chi connectivity index (χ0) is 14.5. The van der Waals surface area contributed by atoms with E-state index in [9.17, 15) is 9.59 Å². The van der Waals surface area contributed by atoms with Crippen molar-refractivity contribution in [1.82, 2.24) is 15.8 Å². The Morgan fingerprint density at radius 1 is 1.35 bits per heavy atom. The summed E-state index contributed by atoms with van der Waals surface area (Å²) >= 11 is 1.41. The molecule has 1 aliphatic heterocycles. The Morgan fingerprint density at radius 2 is 2.05 bits per heavy atom. The van der Waals surface area contributed by atoms with E-state index in [0.29, 0.717) is 18.9 Å². The third-order valence-electron chi connectivity index (χ3n) is 2.83. The van der Waals surface area contributed by atoms with Gasteiger partial charge in [0.25, 0.3) is 5.91 Å². The molecule has 1 aromatic heterocycles. The number of anilines is 1. The van der Waals surface area contributed by atoms with Crippen LogP contribution in [0.3, 0.4) is 0 Å². The summed E-state index contributed by atoms with van der Waals surface area (Å²) in [6.07, 6.45) is 0. The molecule has 0 radical (unpaired) electrons. The van der Waals surface area contributed by atoms with Crippen molar-refractivity contribution in [3.63, 3.8) is 0 Å². The molecule has 0 bridgehead atoms. The van der Waals surface area contributed by atoms with Crippen LogP contribution in [0.1, 0.15) is 24.3 Å². The molecule has 0 spiro atoms. The lowest BCUT2D eigenvalue weighted by atomic mass is 10.2. The first kappa shape index (κ1) is 14.7. The van der Waals surface area contributed by atoms with Gasteiger partial charge in [-0.25, -0.2) is 4.98 Å². The second kappa shape index (κ2) is 6.67. The number of nitrogens with zero attached hydrogens (tertiary/aromatic N) is 2. The van der Waals surface area contributed by atoms with Gasteiger partial charge in [-0.2, -0.15) is 0 Å². The molecule has 0 unspecified atom stereocenters. The van der Waals surface area contributed by atoms with Crippen molar-refractivity contribution in [1.29, 1.82) is 0 Å². The van der Waals surface area contributed by atoms with E-state index in [-0.39, 0.29) is 11.8 Å². The molecule has 0 atom stereocenters. The average molecular weight is 298 g/mol. The SMILES string of the molecule is CC(C)C(=O)NNC(=O)c1csc(N2CCOCC2)n1. The third kappa shape index (κ3) is 3.67. The molecule has 20 heavy (non-hydrogen) atoms. The van der Waals surface area contributed by atoms with Crippen LogP contribution >= 0.6 is 11.3 Å². The van der Waals surface area contributed by atoms with Crippen molar-refractivity contribution in [3.05, 3.63) is 11.1 Å². The molecule has 2 heterocycles. The van der Waals surface area contributed by atoms with Gasteiger partial charge in [-0.3, -0.25) is 20.4 Å². The van der Waals surface area contributed by atoms with Gasteiger partial charge in [0.2, 0.25) is 5.91 Å². The summed E-state index contributed by atoms with van der Waals surface area (Å²) in [4.78, 5) is 29.6. The quantitative estimate of drug-likeness (QED) is 0.789. The minimum atomic E-state index is -0.408. The summed E-state index contributed by atoms with van der Waals surface area (Å²) < 4.78 is 5.27. The Kier molecular flexibility index (Phi) is 4.91. The number of amides is 2.